The Morgan fingerprint density at radius 2 is 2.17 bits per heavy atom. The van der Waals surface area contributed by atoms with Crippen molar-refractivity contribution in [3.63, 3.8) is 0 Å². The van der Waals surface area contributed by atoms with E-state index in [9.17, 15) is 13.6 Å². The molecule has 2 aromatic heterocycles. The van der Waals surface area contributed by atoms with E-state index in [1.54, 1.807) is 11.4 Å². The Morgan fingerprint density at radius 3 is 2.83 bits per heavy atom. The van der Waals surface area contributed by atoms with E-state index in [1.165, 1.54) is 29.4 Å². The maximum absolute atomic E-state index is 13.8. The Bertz CT molecular complexity index is 787. The highest BCUT2D eigenvalue weighted by atomic mass is 32.1. The molecule has 0 aromatic carbocycles. The fourth-order valence-electron chi connectivity index (χ4n) is 2.48. The smallest absolute Gasteiger partial charge is 0.231 e. The second-order valence-corrected chi connectivity index (χ2v) is 6.52. The zero-order valence-corrected chi connectivity index (χ0v) is 13.3. The normalized spacial score (nSPS) is 21.5. The van der Waals surface area contributed by atoms with Gasteiger partial charge in [-0.05, 0) is 36.1 Å². The van der Waals surface area contributed by atoms with E-state index in [2.05, 4.69) is 10.3 Å². The predicted molar refractivity (Wildman–Crippen MR) is 83.1 cm³/mol. The van der Waals surface area contributed by atoms with Crippen molar-refractivity contribution in [2.45, 2.75) is 18.9 Å². The van der Waals surface area contributed by atoms with Crippen molar-refractivity contribution in [3.8, 4) is 11.1 Å². The number of guanidine groups is 1. The highest BCUT2D eigenvalue weighted by molar-refractivity contribution is 7.10. The maximum Gasteiger partial charge on any atom is 0.231 e. The third-order valence-electron chi connectivity index (χ3n) is 3.88. The van der Waals surface area contributed by atoms with Gasteiger partial charge in [-0.25, -0.2) is 0 Å². The van der Waals surface area contributed by atoms with Crippen LogP contribution in [0.4, 0.5) is 8.78 Å². The van der Waals surface area contributed by atoms with Crippen molar-refractivity contribution in [1.82, 2.24) is 15.2 Å². The van der Waals surface area contributed by atoms with Crippen LogP contribution < -0.4 is 5.32 Å². The molecule has 0 spiro atoms. The molecule has 3 heterocycles. The number of halogens is 2. The SMILES string of the molecule is CN1C(=N)NC(C)(c2cc(-c3ccc(F)nc3F)cs2)CC1=O. The number of thiophene rings is 1. The molecule has 2 N–H and O–H groups in total. The molecule has 120 valence electrons. The summed E-state index contributed by atoms with van der Waals surface area (Å²) >= 11 is 1.35. The van der Waals surface area contributed by atoms with Crippen molar-refractivity contribution < 1.29 is 13.6 Å². The standard InChI is InChI=1S/C15H14F2N4OS/c1-15(6-12(22)21(2)14(18)20-15)10-5-8(7-23-10)9-3-4-11(16)19-13(9)17/h3-5,7H,6H2,1-2H3,(H2,18,20). The summed E-state index contributed by atoms with van der Waals surface area (Å²) in [6, 6.07) is 4.17. The molecule has 1 atom stereocenters. The number of aromatic nitrogens is 1. The molecule has 1 aliphatic heterocycles. The quantitative estimate of drug-likeness (QED) is 0.829. The van der Waals surface area contributed by atoms with E-state index in [-0.39, 0.29) is 23.9 Å². The van der Waals surface area contributed by atoms with E-state index in [0.29, 0.717) is 5.56 Å². The molecule has 0 aliphatic carbocycles. The molecule has 1 aliphatic rings. The van der Waals surface area contributed by atoms with Crippen LogP contribution in [0, 0.1) is 17.3 Å². The third-order valence-corrected chi connectivity index (χ3v) is 5.07. The van der Waals surface area contributed by atoms with E-state index in [1.807, 2.05) is 6.92 Å². The zero-order chi connectivity index (χ0) is 16.8. The monoisotopic (exact) mass is 336 g/mol. The first-order chi connectivity index (χ1) is 10.8. The number of carbonyl (C=O) groups excluding carboxylic acids is 1. The van der Waals surface area contributed by atoms with Gasteiger partial charge < -0.3 is 5.32 Å². The van der Waals surface area contributed by atoms with Crippen LogP contribution >= 0.6 is 11.3 Å². The van der Waals surface area contributed by atoms with E-state index in [4.69, 9.17) is 5.41 Å². The summed E-state index contributed by atoms with van der Waals surface area (Å²) in [5.41, 5.74) is 0.0378. The summed E-state index contributed by atoms with van der Waals surface area (Å²) in [5, 5.41) is 12.6. The number of hydrogen-bond acceptors (Lipinski definition) is 4. The lowest BCUT2D eigenvalue weighted by Gasteiger charge is -2.38. The number of rotatable bonds is 2. The largest absolute Gasteiger partial charge is 0.345 e. The molecule has 1 unspecified atom stereocenters. The van der Waals surface area contributed by atoms with Gasteiger partial charge in [0.2, 0.25) is 17.8 Å². The molecular formula is C15H14F2N4OS. The second kappa shape index (κ2) is 5.38. The van der Waals surface area contributed by atoms with Crippen LogP contribution in [0.1, 0.15) is 18.2 Å². The molecule has 8 heteroatoms. The molecule has 2 aromatic rings. The van der Waals surface area contributed by atoms with Gasteiger partial charge in [-0.1, -0.05) is 0 Å². The predicted octanol–water partition coefficient (Wildman–Crippen LogP) is 2.69. The Hall–Kier alpha value is -2.35. The van der Waals surface area contributed by atoms with Crippen molar-refractivity contribution in [2.24, 2.45) is 0 Å². The summed E-state index contributed by atoms with van der Waals surface area (Å²) in [6.07, 6.45) is 0.190. The van der Waals surface area contributed by atoms with E-state index in [0.717, 1.165) is 10.9 Å². The molecule has 23 heavy (non-hydrogen) atoms. The minimum Gasteiger partial charge on any atom is -0.345 e. The first-order valence-electron chi connectivity index (χ1n) is 6.85. The molecule has 0 bridgehead atoms. The second-order valence-electron chi connectivity index (χ2n) is 5.61. The maximum atomic E-state index is 13.8. The van der Waals surface area contributed by atoms with Gasteiger partial charge in [0.25, 0.3) is 0 Å². The number of pyridine rings is 1. The van der Waals surface area contributed by atoms with Gasteiger partial charge in [0.15, 0.2) is 5.96 Å². The van der Waals surface area contributed by atoms with Gasteiger partial charge in [-0.3, -0.25) is 15.1 Å². The minimum atomic E-state index is -0.875. The molecule has 5 nitrogen and oxygen atoms in total. The van der Waals surface area contributed by atoms with Crippen molar-refractivity contribution >= 4 is 23.2 Å². The first kappa shape index (κ1) is 15.5. The average Bonchev–Trinajstić information content (AvgIpc) is 2.95. The van der Waals surface area contributed by atoms with Gasteiger partial charge in [0.05, 0.1) is 12.0 Å². The highest BCUT2D eigenvalue weighted by Crippen LogP contribution is 2.36. The van der Waals surface area contributed by atoms with Gasteiger partial charge in [-0.15, -0.1) is 11.3 Å². The van der Waals surface area contributed by atoms with Crippen LogP contribution in [0.25, 0.3) is 11.1 Å². The summed E-state index contributed by atoms with van der Waals surface area (Å²) in [6.45, 7) is 1.82. The molecule has 1 saturated heterocycles. The molecule has 0 saturated carbocycles. The fourth-order valence-corrected chi connectivity index (χ4v) is 3.51. The van der Waals surface area contributed by atoms with Crippen LogP contribution in [-0.2, 0) is 10.3 Å². The van der Waals surface area contributed by atoms with E-state index >= 15 is 0 Å². The molecule has 0 radical (unpaired) electrons. The van der Waals surface area contributed by atoms with Gasteiger partial charge in [-0.2, -0.15) is 13.8 Å². The van der Waals surface area contributed by atoms with Gasteiger partial charge in [0.1, 0.15) is 0 Å². The number of hydrogen-bond donors (Lipinski definition) is 2. The summed E-state index contributed by atoms with van der Waals surface area (Å²) in [4.78, 5) is 17.2. The Kier molecular flexibility index (Phi) is 3.63. The highest BCUT2D eigenvalue weighted by Gasteiger charge is 2.39. The fraction of sp³-hybridized carbons (Fsp3) is 0.267. The average molecular weight is 336 g/mol. The van der Waals surface area contributed by atoms with Crippen molar-refractivity contribution in [1.29, 1.82) is 5.41 Å². The molecule has 3 rings (SSSR count). The molecule has 1 amide bonds. The Labute approximate surface area is 135 Å². The number of nitrogens with one attached hydrogen (secondary N) is 2. The van der Waals surface area contributed by atoms with Gasteiger partial charge >= 0.3 is 0 Å². The van der Waals surface area contributed by atoms with Crippen LogP contribution in [0.15, 0.2) is 23.6 Å². The lowest BCUT2D eigenvalue weighted by molar-refractivity contribution is -0.129. The summed E-state index contributed by atoms with van der Waals surface area (Å²) < 4.78 is 26.7. The van der Waals surface area contributed by atoms with Crippen molar-refractivity contribution in [3.05, 3.63) is 40.4 Å². The van der Waals surface area contributed by atoms with Crippen LogP contribution in [-0.4, -0.2) is 28.8 Å². The van der Waals surface area contributed by atoms with Crippen LogP contribution in [0.5, 0.6) is 0 Å². The summed E-state index contributed by atoms with van der Waals surface area (Å²) in [5.74, 6) is -1.89. The topological polar surface area (TPSA) is 69.1 Å². The van der Waals surface area contributed by atoms with Crippen molar-refractivity contribution in [2.75, 3.05) is 7.05 Å². The molecular weight excluding hydrogens is 322 g/mol. The third kappa shape index (κ3) is 2.70. The van der Waals surface area contributed by atoms with Crippen LogP contribution in [0.2, 0.25) is 0 Å². The van der Waals surface area contributed by atoms with E-state index < -0.39 is 17.4 Å². The first-order valence-corrected chi connectivity index (χ1v) is 7.73. The molecule has 1 fully saturated rings. The lowest BCUT2D eigenvalue weighted by Crippen LogP contribution is -2.57. The number of carbonyl (C=O) groups is 1. The van der Waals surface area contributed by atoms with Crippen LogP contribution in [0.3, 0.4) is 0 Å². The minimum absolute atomic E-state index is 0.0216. The Morgan fingerprint density at radius 1 is 1.43 bits per heavy atom. The summed E-state index contributed by atoms with van der Waals surface area (Å²) in [7, 11) is 1.54. The number of amides is 1. The zero-order valence-electron chi connectivity index (χ0n) is 12.5. The lowest BCUT2D eigenvalue weighted by atomic mass is 9.92. The Balaban J connectivity index is 1.95. The number of nitrogens with zero attached hydrogens (tertiary/aromatic N) is 2. The van der Waals surface area contributed by atoms with Gasteiger partial charge in [0, 0.05) is 17.5 Å².